The van der Waals surface area contributed by atoms with Gasteiger partial charge in [-0.3, -0.25) is 4.79 Å². The van der Waals surface area contributed by atoms with Crippen molar-refractivity contribution in [2.45, 2.75) is 107 Å². The van der Waals surface area contributed by atoms with Gasteiger partial charge >= 0.3 is 0 Å². The summed E-state index contributed by atoms with van der Waals surface area (Å²) in [5, 5.41) is 10.6. The average Bonchev–Trinajstić information content (AvgIpc) is 2.54. The van der Waals surface area contributed by atoms with Gasteiger partial charge in [-0.05, 0) is 56.9 Å². The van der Waals surface area contributed by atoms with Crippen molar-refractivity contribution >= 4 is 5.78 Å². The molecule has 0 amide bonds. The van der Waals surface area contributed by atoms with Gasteiger partial charge in [0, 0.05) is 16.6 Å². The molecule has 0 fully saturated rings. The van der Waals surface area contributed by atoms with E-state index in [2.05, 4.69) is 102 Å². The van der Waals surface area contributed by atoms with Gasteiger partial charge in [-0.1, -0.05) is 102 Å². The molecule has 0 saturated heterocycles. The zero-order valence-electron chi connectivity index (χ0n) is 22.9. The Bertz CT molecular complexity index is 889. The molecule has 2 rings (SSSR count). The van der Waals surface area contributed by atoms with Crippen LogP contribution >= 0.6 is 0 Å². The molecule has 1 aromatic rings. The highest BCUT2D eigenvalue weighted by Gasteiger charge is 2.40. The molecular formula is C30H46O2. The van der Waals surface area contributed by atoms with Crippen LogP contribution in [0, 0.1) is 16.2 Å². The summed E-state index contributed by atoms with van der Waals surface area (Å²) in [6.45, 7) is 28.3. The topological polar surface area (TPSA) is 37.3 Å². The summed E-state index contributed by atoms with van der Waals surface area (Å²) >= 11 is 0. The van der Waals surface area contributed by atoms with Gasteiger partial charge in [0.2, 0.25) is 0 Å². The number of hydrogen-bond acceptors (Lipinski definition) is 2. The zero-order chi connectivity index (χ0) is 25.1. The van der Waals surface area contributed by atoms with Crippen LogP contribution in [-0.2, 0) is 22.0 Å². The van der Waals surface area contributed by atoms with E-state index in [1.807, 2.05) is 12.1 Å². The molecule has 0 spiro atoms. The monoisotopic (exact) mass is 438 g/mol. The first-order valence-corrected chi connectivity index (χ1v) is 11.9. The van der Waals surface area contributed by atoms with Gasteiger partial charge in [-0.25, -0.2) is 0 Å². The molecule has 0 aromatic heterocycles. The number of allylic oxidation sites excluding steroid dienone is 4. The van der Waals surface area contributed by atoms with Crippen molar-refractivity contribution in [2.75, 3.05) is 0 Å². The Kier molecular flexibility index (Phi) is 6.51. The second kappa shape index (κ2) is 7.89. The quantitative estimate of drug-likeness (QED) is 0.507. The molecule has 0 heterocycles. The molecular weight excluding hydrogens is 392 g/mol. The molecule has 0 unspecified atom stereocenters. The summed E-state index contributed by atoms with van der Waals surface area (Å²) in [5.41, 5.74) is 4.49. The number of rotatable bonds is 2. The smallest absolute Gasteiger partial charge is 0.185 e. The normalized spacial score (nSPS) is 17.8. The number of Topliss-reactive ketones (excluding diaryl/α,β-unsaturated/α-hetero) is 1. The zero-order valence-corrected chi connectivity index (χ0v) is 22.9. The number of benzene rings is 1. The molecule has 178 valence electrons. The van der Waals surface area contributed by atoms with E-state index < -0.39 is 0 Å². The standard InChI is InChI=1S/C30H46O2/c1-26(2,3)21-14-19(31)15-22(27(4,5)6)20(21)16-30(13)17-23(28(7,8)9)25(32)24(18-30)29(10,11)12/h14-15,17-18,31H,16H2,1-13H3. The summed E-state index contributed by atoms with van der Waals surface area (Å²) in [6, 6.07) is 3.87. The lowest BCUT2D eigenvalue weighted by molar-refractivity contribution is -0.114. The highest BCUT2D eigenvalue weighted by Crippen LogP contribution is 2.47. The second-order valence-electron chi connectivity index (χ2n) is 14.1. The van der Waals surface area contributed by atoms with Crippen molar-refractivity contribution in [3.05, 3.63) is 52.1 Å². The van der Waals surface area contributed by atoms with Crippen molar-refractivity contribution in [1.29, 1.82) is 0 Å². The van der Waals surface area contributed by atoms with E-state index in [1.165, 1.54) is 16.7 Å². The maximum Gasteiger partial charge on any atom is 0.185 e. The van der Waals surface area contributed by atoms with Crippen molar-refractivity contribution in [1.82, 2.24) is 0 Å². The summed E-state index contributed by atoms with van der Waals surface area (Å²) in [7, 11) is 0. The Hall–Kier alpha value is -1.83. The molecule has 0 atom stereocenters. The van der Waals surface area contributed by atoms with Crippen molar-refractivity contribution < 1.29 is 9.90 Å². The number of phenols is 1. The fourth-order valence-corrected chi connectivity index (χ4v) is 4.76. The summed E-state index contributed by atoms with van der Waals surface area (Å²) in [5.74, 6) is 0.504. The molecule has 0 aliphatic heterocycles. The van der Waals surface area contributed by atoms with Crippen LogP contribution in [0.2, 0.25) is 0 Å². The van der Waals surface area contributed by atoms with E-state index in [9.17, 15) is 9.90 Å². The minimum Gasteiger partial charge on any atom is -0.508 e. The van der Waals surface area contributed by atoms with E-state index in [4.69, 9.17) is 0 Å². The molecule has 2 nitrogen and oxygen atoms in total. The van der Waals surface area contributed by atoms with Crippen LogP contribution in [-0.4, -0.2) is 10.9 Å². The van der Waals surface area contributed by atoms with Gasteiger partial charge in [0.25, 0.3) is 0 Å². The molecule has 1 aromatic carbocycles. The minimum atomic E-state index is -0.296. The SMILES string of the molecule is CC1(Cc2c(C(C)(C)C)cc(O)cc2C(C)(C)C)C=C(C(C)(C)C)C(=O)C(C(C)(C)C)=C1. The van der Waals surface area contributed by atoms with Gasteiger partial charge in [0.1, 0.15) is 5.75 Å². The Morgan fingerprint density at radius 2 is 1.03 bits per heavy atom. The maximum atomic E-state index is 13.5. The Labute approximate surface area is 197 Å². The van der Waals surface area contributed by atoms with Gasteiger partial charge in [-0.15, -0.1) is 0 Å². The van der Waals surface area contributed by atoms with Crippen LogP contribution in [0.3, 0.4) is 0 Å². The lowest BCUT2D eigenvalue weighted by Gasteiger charge is -2.39. The highest BCUT2D eigenvalue weighted by atomic mass is 16.3. The highest BCUT2D eigenvalue weighted by molar-refractivity contribution is 6.10. The molecule has 1 aliphatic rings. The minimum absolute atomic E-state index is 0.109. The van der Waals surface area contributed by atoms with Gasteiger partial charge in [-0.2, -0.15) is 0 Å². The molecule has 1 aliphatic carbocycles. The first-order chi connectivity index (χ1) is 14.1. The molecule has 1 N–H and O–H groups in total. The second-order valence-corrected chi connectivity index (χ2v) is 14.1. The first kappa shape index (κ1) is 26.4. The maximum absolute atomic E-state index is 13.5. The number of carbonyl (C=O) groups is 1. The van der Waals surface area contributed by atoms with Gasteiger partial charge < -0.3 is 5.11 Å². The van der Waals surface area contributed by atoms with E-state index in [1.54, 1.807) is 0 Å². The molecule has 0 bridgehead atoms. The number of hydrogen-bond donors (Lipinski definition) is 1. The van der Waals surface area contributed by atoms with E-state index in [0.717, 1.165) is 17.6 Å². The third kappa shape index (κ3) is 5.56. The van der Waals surface area contributed by atoms with Crippen LogP contribution in [0.1, 0.15) is 107 Å². The van der Waals surface area contributed by atoms with E-state index in [0.29, 0.717) is 5.75 Å². The predicted octanol–water partition coefficient (Wildman–Crippen LogP) is 8.06. The van der Waals surface area contributed by atoms with Gasteiger partial charge in [0.15, 0.2) is 5.78 Å². The Morgan fingerprint density at radius 3 is 1.31 bits per heavy atom. The largest absolute Gasteiger partial charge is 0.508 e. The van der Waals surface area contributed by atoms with Crippen LogP contribution in [0.15, 0.2) is 35.4 Å². The fourth-order valence-electron chi connectivity index (χ4n) is 4.76. The van der Waals surface area contributed by atoms with Crippen molar-refractivity contribution in [3.8, 4) is 5.75 Å². The first-order valence-electron chi connectivity index (χ1n) is 11.9. The van der Waals surface area contributed by atoms with E-state index in [-0.39, 0.29) is 32.9 Å². The average molecular weight is 439 g/mol. The predicted molar refractivity (Wildman–Crippen MR) is 137 cm³/mol. The molecule has 0 radical (unpaired) electrons. The number of phenolic OH excluding ortho intramolecular Hbond substituents is 1. The number of ketones is 1. The molecule has 0 saturated carbocycles. The summed E-state index contributed by atoms with van der Waals surface area (Å²) in [6.07, 6.45) is 5.23. The van der Waals surface area contributed by atoms with Crippen molar-refractivity contribution in [2.24, 2.45) is 16.2 Å². The van der Waals surface area contributed by atoms with Crippen LogP contribution in [0.5, 0.6) is 5.75 Å². The van der Waals surface area contributed by atoms with Crippen molar-refractivity contribution in [3.63, 3.8) is 0 Å². The van der Waals surface area contributed by atoms with Crippen LogP contribution in [0.25, 0.3) is 0 Å². The van der Waals surface area contributed by atoms with Gasteiger partial charge in [0.05, 0.1) is 0 Å². The lowest BCUT2D eigenvalue weighted by Crippen LogP contribution is -2.34. The Balaban J connectivity index is 2.85. The fraction of sp³-hybridized carbons (Fsp3) is 0.633. The summed E-state index contributed by atoms with van der Waals surface area (Å²) < 4.78 is 0. The third-order valence-corrected chi connectivity index (χ3v) is 6.46. The molecule has 2 heteroatoms. The third-order valence-electron chi connectivity index (χ3n) is 6.46. The van der Waals surface area contributed by atoms with Crippen LogP contribution < -0.4 is 0 Å². The number of carbonyl (C=O) groups excluding carboxylic acids is 1. The lowest BCUT2D eigenvalue weighted by atomic mass is 9.64. The Morgan fingerprint density at radius 1 is 0.688 bits per heavy atom. The van der Waals surface area contributed by atoms with Crippen LogP contribution in [0.4, 0.5) is 0 Å². The van der Waals surface area contributed by atoms with E-state index >= 15 is 0 Å². The summed E-state index contributed by atoms with van der Waals surface area (Å²) in [4.78, 5) is 13.5. The number of aromatic hydroxyl groups is 1. The molecule has 32 heavy (non-hydrogen) atoms.